The summed E-state index contributed by atoms with van der Waals surface area (Å²) >= 11 is 1.45. The molecule has 1 aromatic heterocycles. The van der Waals surface area contributed by atoms with Crippen LogP contribution in [0.2, 0.25) is 0 Å². The summed E-state index contributed by atoms with van der Waals surface area (Å²) in [7, 11) is 0. The van der Waals surface area contributed by atoms with E-state index < -0.39 is 0 Å². The molecule has 0 spiro atoms. The Labute approximate surface area is 122 Å². The Balaban J connectivity index is 1.84. The quantitative estimate of drug-likeness (QED) is 0.758. The predicted molar refractivity (Wildman–Crippen MR) is 85.5 cm³/mol. The number of nitrogen functional groups attached to an aromatic ring is 1. The van der Waals surface area contributed by atoms with Crippen molar-refractivity contribution in [2.24, 2.45) is 0 Å². The Hall–Kier alpha value is -2.33. The van der Waals surface area contributed by atoms with E-state index in [-0.39, 0.29) is 0 Å². The topological polar surface area (TPSA) is 50.9 Å². The minimum atomic E-state index is 0.716. The van der Waals surface area contributed by atoms with Gasteiger partial charge in [0.25, 0.3) is 0 Å². The largest absolute Gasteiger partial charge is 0.389 e. The minimum absolute atomic E-state index is 0.716. The number of hydrogen-bond acceptors (Lipinski definition) is 4. The SMILES string of the molecule is Nc1cnc(Nc2ccccc2Cc2ccccc2)s1. The van der Waals surface area contributed by atoms with Gasteiger partial charge in [0.1, 0.15) is 5.00 Å². The van der Waals surface area contributed by atoms with Gasteiger partial charge in [0, 0.05) is 5.69 Å². The van der Waals surface area contributed by atoms with E-state index in [0.717, 1.165) is 17.2 Å². The summed E-state index contributed by atoms with van der Waals surface area (Å²) < 4.78 is 0. The normalized spacial score (nSPS) is 10.4. The van der Waals surface area contributed by atoms with Crippen LogP contribution in [0.4, 0.5) is 15.8 Å². The molecule has 0 saturated heterocycles. The average Bonchev–Trinajstić information content (AvgIpc) is 2.88. The number of hydrogen-bond donors (Lipinski definition) is 2. The van der Waals surface area contributed by atoms with Gasteiger partial charge in [0.15, 0.2) is 5.13 Å². The molecule has 4 heteroatoms. The van der Waals surface area contributed by atoms with Crippen molar-refractivity contribution in [2.45, 2.75) is 6.42 Å². The fraction of sp³-hybridized carbons (Fsp3) is 0.0625. The highest BCUT2D eigenvalue weighted by atomic mass is 32.1. The second kappa shape index (κ2) is 5.75. The number of aromatic nitrogens is 1. The second-order valence-electron chi connectivity index (χ2n) is 4.51. The van der Waals surface area contributed by atoms with Crippen molar-refractivity contribution in [3.8, 4) is 0 Å². The van der Waals surface area contributed by atoms with Gasteiger partial charge in [-0.05, 0) is 23.6 Å². The molecule has 3 N–H and O–H groups in total. The molecule has 0 saturated carbocycles. The first-order valence-corrected chi connectivity index (χ1v) is 7.23. The van der Waals surface area contributed by atoms with Crippen LogP contribution < -0.4 is 11.1 Å². The van der Waals surface area contributed by atoms with Gasteiger partial charge in [-0.15, -0.1) is 0 Å². The fourth-order valence-corrected chi connectivity index (χ4v) is 2.67. The highest BCUT2D eigenvalue weighted by molar-refractivity contribution is 7.19. The highest BCUT2D eigenvalue weighted by Gasteiger charge is 2.05. The average molecular weight is 281 g/mol. The first-order chi connectivity index (χ1) is 9.81. The Bertz CT molecular complexity index is 692. The molecule has 3 aromatic rings. The van der Waals surface area contributed by atoms with Crippen LogP contribution in [0.3, 0.4) is 0 Å². The van der Waals surface area contributed by atoms with Gasteiger partial charge in [-0.25, -0.2) is 4.98 Å². The van der Waals surface area contributed by atoms with E-state index in [0.29, 0.717) is 5.00 Å². The van der Waals surface area contributed by atoms with E-state index in [1.54, 1.807) is 6.20 Å². The number of nitrogens with one attached hydrogen (secondary N) is 1. The Morgan fingerprint density at radius 1 is 1.00 bits per heavy atom. The molecule has 100 valence electrons. The minimum Gasteiger partial charge on any atom is -0.389 e. The Morgan fingerprint density at radius 3 is 2.50 bits per heavy atom. The van der Waals surface area contributed by atoms with Crippen molar-refractivity contribution in [1.29, 1.82) is 0 Å². The van der Waals surface area contributed by atoms with Crippen LogP contribution in [0.25, 0.3) is 0 Å². The van der Waals surface area contributed by atoms with Crippen LogP contribution in [0.1, 0.15) is 11.1 Å². The van der Waals surface area contributed by atoms with Crippen molar-refractivity contribution in [3.63, 3.8) is 0 Å². The lowest BCUT2D eigenvalue weighted by molar-refractivity contribution is 1.19. The molecule has 2 aromatic carbocycles. The van der Waals surface area contributed by atoms with Crippen molar-refractivity contribution < 1.29 is 0 Å². The molecule has 3 rings (SSSR count). The Kier molecular flexibility index (Phi) is 3.65. The van der Waals surface area contributed by atoms with Crippen molar-refractivity contribution in [3.05, 3.63) is 71.9 Å². The van der Waals surface area contributed by atoms with E-state index in [1.165, 1.54) is 22.5 Å². The maximum atomic E-state index is 5.71. The van der Waals surface area contributed by atoms with Gasteiger partial charge < -0.3 is 11.1 Å². The van der Waals surface area contributed by atoms with Crippen LogP contribution >= 0.6 is 11.3 Å². The molecule has 0 atom stereocenters. The molecule has 20 heavy (non-hydrogen) atoms. The maximum Gasteiger partial charge on any atom is 0.189 e. The monoisotopic (exact) mass is 281 g/mol. The maximum absolute atomic E-state index is 5.71. The molecule has 0 aliphatic heterocycles. The van der Waals surface area contributed by atoms with Gasteiger partial charge in [-0.1, -0.05) is 59.9 Å². The standard InChI is InChI=1S/C16H15N3S/c17-15-11-18-16(20-15)19-14-9-5-4-8-13(14)10-12-6-2-1-3-7-12/h1-9,11H,10,17H2,(H,18,19). The molecule has 0 amide bonds. The van der Waals surface area contributed by atoms with Gasteiger partial charge in [-0.3, -0.25) is 0 Å². The zero-order valence-corrected chi connectivity index (χ0v) is 11.7. The summed E-state index contributed by atoms with van der Waals surface area (Å²) in [6.07, 6.45) is 2.57. The smallest absolute Gasteiger partial charge is 0.189 e. The number of thiazole rings is 1. The fourth-order valence-electron chi connectivity index (χ4n) is 2.07. The number of rotatable bonds is 4. The van der Waals surface area contributed by atoms with Crippen LogP contribution in [0.15, 0.2) is 60.8 Å². The van der Waals surface area contributed by atoms with Crippen molar-refractivity contribution in [2.75, 3.05) is 11.1 Å². The third-order valence-electron chi connectivity index (χ3n) is 3.02. The van der Waals surface area contributed by atoms with Gasteiger partial charge >= 0.3 is 0 Å². The summed E-state index contributed by atoms with van der Waals surface area (Å²) in [4.78, 5) is 4.24. The Morgan fingerprint density at radius 2 is 1.75 bits per heavy atom. The van der Waals surface area contributed by atoms with E-state index in [1.807, 2.05) is 12.1 Å². The van der Waals surface area contributed by atoms with Crippen molar-refractivity contribution in [1.82, 2.24) is 4.98 Å². The van der Waals surface area contributed by atoms with Crippen LogP contribution in [-0.2, 0) is 6.42 Å². The molecule has 3 nitrogen and oxygen atoms in total. The summed E-state index contributed by atoms with van der Waals surface area (Å²) in [5.74, 6) is 0. The predicted octanol–water partition coefficient (Wildman–Crippen LogP) is 4.06. The molecule has 0 fully saturated rings. The summed E-state index contributed by atoms with van der Waals surface area (Å²) in [6.45, 7) is 0. The van der Waals surface area contributed by atoms with Gasteiger partial charge in [0.2, 0.25) is 0 Å². The van der Waals surface area contributed by atoms with E-state index in [4.69, 9.17) is 5.73 Å². The number of benzene rings is 2. The number of anilines is 3. The molecule has 0 unspecified atom stereocenters. The second-order valence-corrected chi connectivity index (χ2v) is 5.57. The van der Waals surface area contributed by atoms with Crippen LogP contribution in [0, 0.1) is 0 Å². The van der Waals surface area contributed by atoms with E-state index in [9.17, 15) is 0 Å². The lowest BCUT2D eigenvalue weighted by atomic mass is 10.0. The zero-order chi connectivity index (χ0) is 13.8. The third-order valence-corrected chi connectivity index (χ3v) is 3.76. The first-order valence-electron chi connectivity index (χ1n) is 6.41. The summed E-state index contributed by atoms with van der Waals surface area (Å²) in [6, 6.07) is 18.7. The molecule has 1 heterocycles. The molecule has 0 radical (unpaired) electrons. The molecular formula is C16H15N3S. The highest BCUT2D eigenvalue weighted by Crippen LogP contribution is 2.27. The molecule has 0 aliphatic carbocycles. The van der Waals surface area contributed by atoms with Crippen molar-refractivity contribution >= 4 is 27.2 Å². The third kappa shape index (κ3) is 2.97. The molecular weight excluding hydrogens is 266 g/mol. The first kappa shape index (κ1) is 12.7. The van der Waals surface area contributed by atoms with E-state index >= 15 is 0 Å². The van der Waals surface area contributed by atoms with Crippen LogP contribution in [-0.4, -0.2) is 4.98 Å². The number of nitrogens with two attached hydrogens (primary N) is 1. The van der Waals surface area contributed by atoms with Crippen LogP contribution in [0.5, 0.6) is 0 Å². The van der Waals surface area contributed by atoms with Gasteiger partial charge in [-0.2, -0.15) is 0 Å². The lowest BCUT2D eigenvalue weighted by Crippen LogP contribution is -1.96. The summed E-state index contributed by atoms with van der Waals surface area (Å²) in [5.41, 5.74) is 9.32. The van der Waals surface area contributed by atoms with E-state index in [2.05, 4.69) is 52.8 Å². The number of para-hydroxylation sites is 1. The summed E-state index contributed by atoms with van der Waals surface area (Å²) in [5, 5.41) is 4.88. The lowest BCUT2D eigenvalue weighted by Gasteiger charge is -2.10. The number of nitrogens with zero attached hydrogens (tertiary/aromatic N) is 1. The molecule has 0 aliphatic rings. The van der Waals surface area contributed by atoms with Gasteiger partial charge in [0.05, 0.1) is 6.20 Å². The molecule has 0 bridgehead atoms. The zero-order valence-electron chi connectivity index (χ0n) is 10.9.